The van der Waals surface area contributed by atoms with E-state index < -0.39 is 11.7 Å². The summed E-state index contributed by atoms with van der Waals surface area (Å²) in [4.78, 5) is 5.59. The average Bonchev–Trinajstić information content (AvgIpc) is 2.72. The molecule has 1 aromatic carbocycles. The first kappa shape index (κ1) is 19.9. The van der Waals surface area contributed by atoms with Gasteiger partial charge in [-0.3, -0.25) is 0 Å². The van der Waals surface area contributed by atoms with E-state index in [-0.39, 0.29) is 5.82 Å². The van der Waals surface area contributed by atoms with Crippen molar-refractivity contribution in [3.63, 3.8) is 0 Å². The van der Waals surface area contributed by atoms with Crippen molar-refractivity contribution in [1.29, 1.82) is 0 Å². The second-order valence-corrected chi connectivity index (χ2v) is 6.20. The summed E-state index contributed by atoms with van der Waals surface area (Å²) in [6.45, 7) is 0.692. The number of aromatic nitrogens is 1. The van der Waals surface area contributed by atoms with Gasteiger partial charge in [-0.2, -0.15) is 13.2 Å². The number of methoxy groups -OCH3 is 3. The number of alkyl halides is 3. The monoisotopic (exact) mass is 394 g/mol. The molecule has 150 valence electrons. The fourth-order valence-corrected chi connectivity index (χ4v) is 3.28. The maximum Gasteiger partial charge on any atom is 0.419 e. The van der Waals surface area contributed by atoms with Crippen molar-refractivity contribution in [1.82, 2.24) is 4.98 Å². The molecule has 2 aromatic rings. The molecule has 0 radical (unpaired) electrons. The van der Waals surface area contributed by atoms with E-state index in [1.54, 1.807) is 38.4 Å². The molecule has 3 rings (SSSR count). The van der Waals surface area contributed by atoms with Gasteiger partial charge in [0, 0.05) is 31.4 Å². The lowest BCUT2D eigenvalue weighted by Crippen LogP contribution is -2.31. The van der Waals surface area contributed by atoms with Gasteiger partial charge >= 0.3 is 6.18 Å². The third-order valence-electron chi connectivity index (χ3n) is 4.64. The number of hydrogen-bond acceptors (Lipinski definition) is 5. The summed E-state index contributed by atoms with van der Waals surface area (Å²) in [6, 6.07) is 5.86. The van der Waals surface area contributed by atoms with Gasteiger partial charge in [0.25, 0.3) is 0 Å². The number of nitrogens with zero attached hydrogens (tertiary/aromatic N) is 2. The van der Waals surface area contributed by atoms with Crippen LogP contribution in [-0.4, -0.2) is 39.4 Å². The number of rotatable bonds is 5. The minimum atomic E-state index is -4.45. The highest BCUT2D eigenvalue weighted by molar-refractivity contribution is 5.78. The Morgan fingerprint density at radius 1 is 1.04 bits per heavy atom. The largest absolute Gasteiger partial charge is 0.496 e. The number of pyridine rings is 1. The molecule has 0 aliphatic carbocycles. The van der Waals surface area contributed by atoms with Gasteiger partial charge in [-0.1, -0.05) is 6.08 Å². The van der Waals surface area contributed by atoms with Crippen LogP contribution < -0.4 is 19.1 Å². The highest BCUT2D eigenvalue weighted by Gasteiger charge is 2.36. The van der Waals surface area contributed by atoms with E-state index in [4.69, 9.17) is 14.2 Å². The van der Waals surface area contributed by atoms with Crippen LogP contribution in [0.15, 0.2) is 36.5 Å². The second kappa shape index (κ2) is 8.00. The van der Waals surface area contributed by atoms with Gasteiger partial charge in [-0.05, 0) is 24.1 Å². The summed E-state index contributed by atoms with van der Waals surface area (Å²) in [7, 11) is 4.66. The van der Waals surface area contributed by atoms with Crippen molar-refractivity contribution >= 4 is 11.4 Å². The molecule has 1 aliphatic heterocycles. The molecule has 0 unspecified atom stereocenters. The van der Waals surface area contributed by atoms with Crippen molar-refractivity contribution in [3.05, 3.63) is 47.7 Å². The highest BCUT2D eigenvalue weighted by Crippen LogP contribution is 2.42. The topological polar surface area (TPSA) is 43.8 Å². The number of anilines is 1. The van der Waals surface area contributed by atoms with E-state index >= 15 is 0 Å². The Kier molecular flexibility index (Phi) is 5.67. The van der Waals surface area contributed by atoms with E-state index in [1.807, 2.05) is 6.08 Å². The fraction of sp³-hybridized carbons (Fsp3) is 0.350. The van der Waals surface area contributed by atoms with E-state index in [0.29, 0.717) is 36.8 Å². The molecule has 0 saturated heterocycles. The van der Waals surface area contributed by atoms with Crippen LogP contribution in [0, 0.1) is 0 Å². The molecule has 0 spiro atoms. The third-order valence-corrected chi connectivity index (χ3v) is 4.64. The first-order chi connectivity index (χ1) is 13.4. The number of halogens is 3. The maximum atomic E-state index is 13.3. The van der Waals surface area contributed by atoms with Crippen molar-refractivity contribution < 1.29 is 27.4 Å². The Hall–Kier alpha value is -2.90. The van der Waals surface area contributed by atoms with Crippen molar-refractivity contribution in [2.45, 2.75) is 12.6 Å². The van der Waals surface area contributed by atoms with Gasteiger partial charge < -0.3 is 19.1 Å². The van der Waals surface area contributed by atoms with E-state index in [2.05, 4.69) is 4.98 Å². The minimum absolute atomic E-state index is 0.0565. The van der Waals surface area contributed by atoms with Gasteiger partial charge in [0.05, 0.1) is 32.5 Å². The van der Waals surface area contributed by atoms with Crippen LogP contribution in [0.3, 0.4) is 0 Å². The summed E-state index contributed by atoms with van der Waals surface area (Å²) in [5.41, 5.74) is 0.992. The molecular formula is C20H21F3N2O3. The average molecular weight is 394 g/mol. The molecule has 5 nitrogen and oxygen atoms in total. The highest BCUT2D eigenvalue weighted by atomic mass is 19.4. The van der Waals surface area contributed by atoms with Crippen LogP contribution in [0.5, 0.6) is 17.2 Å². The van der Waals surface area contributed by atoms with E-state index in [0.717, 1.165) is 17.2 Å². The Labute approximate surface area is 161 Å². The summed E-state index contributed by atoms with van der Waals surface area (Å²) in [5.74, 6) is 1.71. The van der Waals surface area contributed by atoms with Gasteiger partial charge in [0.15, 0.2) is 0 Å². The third kappa shape index (κ3) is 3.85. The summed E-state index contributed by atoms with van der Waals surface area (Å²) in [6.07, 6.45) is -0.673. The smallest absolute Gasteiger partial charge is 0.419 e. The molecule has 0 saturated carbocycles. The predicted octanol–water partition coefficient (Wildman–Crippen LogP) is 4.42. The van der Waals surface area contributed by atoms with Gasteiger partial charge in [0.2, 0.25) is 0 Å². The molecule has 2 heterocycles. The first-order valence-electron chi connectivity index (χ1n) is 8.65. The second-order valence-electron chi connectivity index (χ2n) is 6.20. The SMILES string of the molecule is COc1cc(OC)c(C2=CCN(c3ncccc3C(F)(F)F)CC2)c(OC)c1. The lowest BCUT2D eigenvalue weighted by molar-refractivity contribution is -0.137. The summed E-state index contributed by atoms with van der Waals surface area (Å²) < 4.78 is 56.1. The van der Waals surface area contributed by atoms with Gasteiger partial charge in [-0.25, -0.2) is 4.98 Å². The van der Waals surface area contributed by atoms with E-state index in [1.165, 1.54) is 12.3 Å². The predicted molar refractivity (Wildman–Crippen MR) is 100 cm³/mol. The van der Waals surface area contributed by atoms with Gasteiger partial charge in [-0.15, -0.1) is 0 Å². The minimum Gasteiger partial charge on any atom is -0.496 e. The van der Waals surface area contributed by atoms with E-state index in [9.17, 15) is 13.2 Å². The van der Waals surface area contributed by atoms with Crippen LogP contribution in [0.25, 0.3) is 5.57 Å². The maximum absolute atomic E-state index is 13.3. The standard InChI is InChI=1S/C20H21F3N2O3/c1-26-14-11-16(27-2)18(17(12-14)28-3)13-6-9-25(10-7-13)19-15(20(21,22)23)5-4-8-24-19/h4-6,8,11-12H,7,9-10H2,1-3H3. The van der Waals surface area contributed by atoms with Crippen molar-refractivity contribution in [2.24, 2.45) is 0 Å². The first-order valence-corrected chi connectivity index (χ1v) is 8.65. The molecule has 1 aromatic heterocycles. The lowest BCUT2D eigenvalue weighted by Gasteiger charge is -2.30. The number of hydrogen-bond donors (Lipinski definition) is 0. The molecule has 0 N–H and O–H groups in total. The quantitative estimate of drug-likeness (QED) is 0.751. The summed E-state index contributed by atoms with van der Waals surface area (Å²) in [5, 5.41) is 0. The Morgan fingerprint density at radius 3 is 2.21 bits per heavy atom. The molecule has 0 bridgehead atoms. The van der Waals surface area contributed by atoms with Crippen LogP contribution in [-0.2, 0) is 6.18 Å². The molecule has 0 atom stereocenters. The zero-order valence-corrected chi connectivity index (χ0v) is 15.8. The lowest BCUT2D eigenvalue weighted by atomic mass is 9.97. The zero-order chi connectivity index (χ0) is 20.3. The Morgan fingerprint density at radius 2 is 1.71 bits per heavy atom. The van der Waals surface area contributed by atoms with Crippen LogP contribution in [0.1, 0.15) is 17.5 Å². The molecule has 28 heavy (non-hydrogen) atoms. The van der Waals surface area contributed by atoms with Gasteiger partial charge in [0.1, 0.15) is 23.1 Å². The number of ether oxygens (including phenoxy) is 3. The summed E-state index contributed by atoms with van der Waals surface area (Å²) >= 11 is 0. The molecule has 0 fully saturated rings. The molecule has 8 heteroatoms. The van der Waals surface area contributed by atoms with Crippen LogP contribution in [0.2, 0.25) is 0 Å². The number of benzene rings is 1. The van der Waals surface area contributed by atoms with Crippen LogP contribution >= 0.6 is 0 Å². The van der Waals surface area contributed by atoms with Crippen molar-refractivity contribution in [3.8, 4) is 17.2 Å². The fourth-order valence-electron chi connectivity index (χ4n) is 3.28. The Balaban J connectivity index is 1.94. The van der Waals surface area contributed by atoms with Crippen molar-refractivity contribution in [2.75, 3.05) is 39.3 Å². The normalized spacial score (nSPS) is 14.5. The molecular weight excluding hydrogens is 373 g/mol. The molecule has 1 aliphatic rings. The molecule has 0 amide bonds. The Bertz CT molecular complexity index is 856. The van der Waals surface area contributed by atoms with Crippen LogP contribution in [0.4, 0.5) is 19.0 Å². The zero-order valence-electron chi connectivity index (χ0n) is 15.8.